The standard InChI is InChI=1S/C12H10ClF6NO/c1-20(10(13)21)3-2-7-4-8(11(14,15)16)6-9(5-7)12(17,18)19/h4-6H,2-3H2,1H3. The third-order valence-electron chi connectivity index (χ3n) is 2.68. The molecular formula is C12H10ClF6NO. The quantitative estimate of drug-likeness (QED) is 0.451. The van der Waals surface area contributed by atoms with Crippen molar-refractivity contribution in [2.24, 2.45) is 0 Å². The van der Waals surface area contributed by atoms with Crippen molar-refractivity contribution in [3.8, 4) is 0 Å². The lowest BCUT2D eigenvalue weighted by Gasteiger charge is -2.16. The molecule has 1 aromatic carbocycles. The summed E-state index contributed by atoms with van der Waals surface area (Å²) in [5.74, 6) is 0. The van der Waals surface area contributed by atoms with Gasteiger partial charge in [-0.1, -0.05) is 0 Å². The molecule has 1 rings (SSSR count). The Balaban J connectivity index is 3.11. The van der Waals surface area contributed by atoms with Crippen LogP contribution in [0.2, 0.25) is 0 Å². The lowest BCUT2D eigenvalue weighted by atomic mass is 10.0. The Labute approximate surface area is 121 Å². The van der Waals surface area contributed by atoms with E-state index >= 15 is 0 Å². The van der Waals surface area contributed by atoms with Crippen molar-refractivity contribution in [3.63, 3.8) is 0 Å². The van der Waals surface area contributed by atoms with Crippen LogP contribution in [-0.4, -0.2) is 23.9 Å². The SMILES string of the molecule is CN(CCc1cc(C(F)(F)F)cc(C(F)(F)F)c1)C(=O)Cl. The molecular weight excluding hydrogens is 324 g/mol. The molecule has 0 unspecified atom stereocenters. The summed E-state index contributed by atoms with van der Waals surface area (Å²) >= 11 is 5.13. The summed E-state index contributed by atoms with van der Waals surface area (Å²) in [6.45, 7) is -0.0963. The highest BCUT2D eigenvalue weighted by molar-refractivity contribution is 6.62. The molecule has 2 nitrogen and oxygen atoms in total. The number of rotatable bonds is 3. The highest BCUT2D eigenvalue weighted by atomic mass is 35.5. The molecule has 0 aliphatic heterocycles. The van der Waals surface area contributed by atoms with Crippen molar-refractivity contribution in [2.75, 3.05) is 13.6 Å². The van der Waals surface area contributed by atoms with E-state index < -0.39 is 28.8 Å². The molecule has 0 heterocycles. The van der Waals surface area contributed by atoms with Gasteiger partial charge in [0.25, 0.3) is 0 Å². The molecule has 0 aliphatic carbocycles. The number of nitrogens with zero attached hydrogens (tertiary/aromatic N) is 1. The smallest absolute Gasteiger partial charge is 0.332 e. The zero-order chi connectivity index (χ0) is 16.4. The first kappa shape index (κ1) is 17.6. The Morgan fingerprint density at radius 2 is 1.48 bits per heavy atom. The van der Waals surface area contributed by atoms with Gasteiger partial charge in [-0.15, -0.1) is 0 Å². The van der Waals surface area contributed by atoms with E-state index in [9.17, 15) is 31.1 Å². The molecule has 0 atom stereocenters. The minimum Gasteiger partial charge on any atom is -0.332 e. The molecule has 0 saturated carbocycles. The third kappa shape index (κ3) is 5.11. The average molecular weight is 334 g/mol. The topological polar surface area (TPSA) is 20.3 Å². The van der Waals surface area contributed by atoms with Crippen molar-refractivity contribution < 1.29 is 31.1 Å². The molecule has 0 N–H and O–H groups in total. The number of hydrogen-bond acceptors (Lipinski definition) is 1. The summed E-state index contributed by atoms with van der Waals surface area (Å²) < 4.78 is 75.7. The van der Waals surface area contributed by atoms with Gasteiger partial charge in [0.05, 0.1) is 11.1 Å². The highest BCUT2D eigenvalue weighted by Crippen LogP contribution is 2.36. The predicted molar refractivity (Wildman–Crippen MR) is 64.0 cm³/mol. The van der Waals surface area contributed by atoms with Crippen LogP contribution >= 0.6 is 11.6 Å². The van der Waals surface area contributed by atoms with Gasteiger partial charge in [-0.2, -0.15) is 26.3 Å². The van der Waals surface area contributed by atoms with Gasteiger partial charge in [-0.3, -0.25) is 4.79 Å². The van der Waals surface area contributed by atoms with Crippen LogP contribution in [0.25, 0.3) is 0 Å². The van der Waals surface area contributed by atoms with Crippen LogP contribution in [0.3, 0.4) is 0 Å². The largest absolute Gasteiger partial charge is 0.416 e. The van der Waals surface area contributed by atoms with Crippen LogP contribution in [0.15, 0.2) is 18.2 Å². The predicted octanol–water partition coefficient (Wildman–Crippen LogP) is 4.56. The Kier molecular flexibility index (Phi) is 5.14. The highest BCUT2D eigenvalue weighted by Gasteiger charge is 2.36. The van der Waals surface area contributed by atoms with Gasteiger partial charge in [0.15, 0.2) is 0 Å². The van der Waals surface area contributed by atoms with Gasteiger partial charge in [0.1, 0.15) is 0 Å². The zero-order valence-electron chi connectivity index (χ0n) is 10.6. The fraction of sp³-hybridized carbons (Fsp3) is 0.417. The number of benzene rings is 1. The molecule has 1 aromatic rings. The van der Waals surface area contributed by atoms with E-state index in [1.807, 2.05) is 0 Å². The minimum atomic E-state index is -4.88. The first-order valence-corrected chi connectivity index (χ1v) is 5.98. The summed E-state index contributed by atoms with van der Waals surface area (Å²) in [4.78, 5) is 11.7. The van der Waals surface area contributed by atoms with Gasteiger partial charge < -0.3 is 4.90 Å². The number of halogens is 7. The average Bonchev–Trinajstić information content (AvgIpc) is 2.33. The van der Waals surface area contributed by atoms with Crippen LogP contribution in [-0.2, 0) is 18.8 Å². The van der Waals surface area contributed by atoms with Crippen LogP contribution in [0.5, 0.6) is 0 Å². The van der Waals surface area contributed by atoms with Crippen molar-refractivity contribution in [1.82, 2.24) is 4.90 Å². The van der Waals surface area contributed by atoms with Crippen LogP contribution in [0.4, 0.5) is 31.1 Å². The number of amides is 1. The Hall–Kier alpha value is -1.44. The van der Waals surface area contributed by atoms with E-state index in [0.29, 0.717) is 12.1 Å². The number of carbonyl (C=O) groups is 1. The molecule has 0 saturated heterocycles. The molecule has 0 spiro atoms. The monoisotopic (exact) mass is 333 g/mol. The number of likely N-dealkylation sites (N-methyl/N-ethyl adjacent to an activating group) is 1. The third-order valence-corrected chi connectivity index (χ3v) is 2.97. The Bertz CT molecular complexity index is 493. The molecule has 9 heteroatoms. The van der Waals surface area contributed by atoms with E-state index in [1.165, 1.54) is 7.05 Å². The zero-order valence-corrected chi connectivity index (χ0v) is 11.4. The molecule has 1 amide bonds. The maximum Gasteiger partial charge on any atom is 0.416 e. The van der Waals surface area contributed by atoms with Gasteiger partial charge in [0.2, 0.25) is 0 Å². The normalized spacial score (nSPS) is 12.4. The molecule has 21 heavy (non-hydrogen) atoms. The van der Waals surface area contributed by atoms with Gasteiger partial charge >= 0.3 is 17.7 Å². The van der Waals surface area contributed by atoms with Crippen molar-refractivity contribution in [3.05, 3.63) is 34.9 Å². The maximum atomic E-state index is 12.6. The van der Waals surface area contributed by atoms with Crippen molar-refractivity contribution >= 4 is 17.0 Å². The molecule has 0 aliphatic rings. The van der Waals surface area contributed by atoms with E-state index in [-0.39, 0.29) is 24.6 Å². The molecule has 118 valence electrons. The summed E-state index contributed by atoms with van der Waals surface area (Å²) in [5, 5.41) is -0.849. The molecule has 0 bridgehead atoms. The summed E-state index contributed by atoms with van der Waals surface area (Å²) in [7, 11) is 1.29. The summed E-state index contributed by atoms with van der Waals surface area (Å²) in [6, 6.07) is 1.31. The Morgan fingerprint density at radius 1 is 1.05 bits per heavy atom. The van der Waals surface area contributed by atoms with E-state index in [2.05, 4.69) is 0 Å². The number of alkyl halides is 6. The second-order valence-corrected chi connectivity index (χ2v) is 4.66. The first-order chi connectivity index (χ1) is 9.41. The fourth-order valence-corrected chi connectivity index (χ4v) is 1.63. The summed E-state index contributed by atoms with van der Waals surface area (Å²) in [6.07, 6.45) is -9.95. The van der Waals surface area contributed by atoms with Crippen molar-refractivity contribution in [2.45, 2.75) is 18.8 Å². The number of hydrogen-bond donors (Lipinski definition) is 0. The van der Waals surface area contributed by atoms with Crippen molar-refractivity contribution in [1.29, 1.82) is 0 Å². The first-order valence-electron chi connectivity index (χ1n) is 5.60. The van der Waals surface area contributed by atoms with Gasteiger partial charge in [-0.25, -0.2) is 0 Å². The van der Waals surface area contributed by atoms with E-state index in [4.69, 9.17) is 11.6 Å². The second-order valence-electron chi connectivity index (χ2n) is 4.34. The van der Waals surface area contributed by atoms with Gasteiger partial charge in [0, 0.05) is 13.6 Å². The second kappa shape index (κ2) is 6.13. The Morgan fingerprint density at radius 3 is 1.81 bits per heavy atom. The lowest BCUT2D eigenvalue weighted by molar-refractivity contribution is -0.143. The minimum absolute atomic E-state index is 0.0555. The lowest BCUT2D eigenvalue weighted by Crippen LogP contribution is -2.23. The number of carbonyl (C=O) groups excluding carboxylic acids is 1. The summed E-state index contributed by atoms with van der Waals surface area (Å²) in [5.41, 5.74) is -2.94. The van der Waals surface area contributed by atoms with E-state index in [1.54, 1.807) is 0 Å². The van der Waals surface area contributed by atoms with Crippen LogP contribution in [0, 0.1) is 0 Å². The molecule has 0 radical (unpaired) electrons. The van der Waals surface area contributed by atoms with Crippen LogP contribution in [0.1, 0.15) is 16.7 Å². The fourth-order valence-electron chi connectivity index (χ4n) is 1.55. The maximum absolute atomic E-state index is 12.6. The van der Waals surface area contributed by atoms with Crippen LogP contribution < -0.4 is 0 Å². The van der Waals surface area contributed by atoms with Gasteiger partial charge in [-0.05, 0) is 41.8 Å². The van der Waals surface area contributed by atoms with E-state index in [0.717, 1.165) is 4.90 Å². The molecule has 0 fully saturated rings. The molecule has 0 aromatic heterocycles.